The molecule has 1 heterocycles. The van der Waals surface area contributed by atoms with Crippen LogP contribution >= 0.6 is 0 Å². The van der Waals surface area contributed by atoms with E-state index in [1.54, 1.807) is 4.68 Å². The third-order valence-corrected chi connectivity index (χ3v) is 3.03. The summed E-state index contributed by atoms with van der Waals surface area (Å²) in [5.41, 5.74) is 2.48. The molecule has 0 aliphatic rings. The lowest BCUT2D eigenvalue weighted by Crippen LogP contribution is -2.13. The zero-order chi connectivity index (χ0) is 14.4. The second-order valence-corrected chi connectivity index (χ2v) is 4.68. The van der Waals surface area contributed by atoms with Gasteiger partial charge in [0.15, 0.2) is 6.29 Å². The summed E-state index contributed by atoms with van der Waals surface area (Å²) in [7, 11) is 0. The van der Waals surface area contributed by atoms with E-state index in [2.05, 4.69) is 17.2 Å². The highest BCUT2D eigenvalue weighted by atomic mass is 16.5. The molecule has 1 aromatic carbocycles. The summed E-state index contributed by atoms with van der Waals surface area (Å²) in [6.07, 6.45) is 2.51. The van der Waals surface area contributed by atoms with Gasteiger partial charge in [-0.15, -0.1) is 5.10 Å². The topological polar surface area (TPSA) is 57.0 Å². The number of carbonyl (C=O) groups is 1. The van der Waals surface area contributed by atoms with Crippen molar-refractivity contribution in [3.63, 3.8) is 0 Å². The summed E-state index contributed by atoms with van der Waals surface area (Å²) in [6, 6.07) is 7.91. The summed E-state index contributed by atoms with van der Waals surface area (Å²) in [4.78, 5) is 10.9. The molecule has 0 radical (unpaired) electrons. The van der Waals surface area contributed by atoms with Crippen molar-refractivity contribution in [3.05, 3.63) is 41.2 Å². The van der Waals surface area contributed by atoms with Crippen molar-refractivity contribution < 1.29 is 9.53 Å². The number of hydrogen-bond acceptors (Lipinski definition) is 4. The van der Waals surface area contributed by atoms with Gasteiger partial charge in [0.25, 0.3) is 0 Å². The fraction of sp³-hybridized carbons (Fsp3) is 0.400. The summed E-state index contributed by atoms with van der Waals surface area (Å²) >= 11 is 0. The SMILES string of the molecule is CCCc1c(C=O)nnn1CCOc1cccc(C)c1. The molecule has 0 atom stereocenters. The van der Waals surface area contributed by atoms with Crippen LogP contribution in [0.5, 0.6) is 5.75 Å². The number of benzene rings is 1. The molecule has 5 heteroatoms. The molecular formula is C15H19N3O2. The van der Waals surface area contributed by atoms with Crippen LogP contribution in [0.25, 0.3) is 0 Å². The van der Waals surface area contributed by atoms with E-state index in [-0.39, 0.29) is 0 Å². The molecule has 0 saturated heterocycles. The van der Waals surface area contributed by atoms with Gasteiger partial charge in [-0.1, -0.05) is 30.7 Å². The Balaban J connectivity index is 1.97. The first-order valence-electron chi connectivity index (χ1n) is 6.81. The second kappa shape index (κ2) is 6.84. The maximum atomic E-state index is 10.9. The van der Waals surface area contributed by atoms with Crippen LogP contribution in [0.15, 0.2) is 24.3 Å². The van der Waals surface area contributed by atoms with Crippen LogP contribution in [0.4, 0.5) is 0 Å². The van der Waals surface area contributed by atoms with Crippen molar-refractivity contribution in [1.82, 2.24) is 15.0 Å². The summed E-state index contributed by atoms with van der Waals surface area (Å²) in [6.45, 7) is 5.18. The minimum absolute atomic E-state index is 0.433. The van der Waals surface area contributed by atoms with E-state index < -0.39 is 0 Å². The Kier molecular flexibility index (Phi) is 4.87. The van der Waals surface area contributed by atoms with Crippen molar-refractivity contribution in [2.75, 3.05) is 6.61 Å². The van der Waals surface area contributed by atoms with Gasteiger partial charge in [0.05, 0.1) is 12.2 Å². The maximum Gasteiger partial charge on any atom is 0.172 e. The highest BCUT2D eigenvalue weighted by Gasteiger charge is 2.11. The number of aryl methyl sites for hydroxylation is 1. The zero-order valence-electron chi connectivity index (χ0n) is 11.9. The smallest absolute Gasteiger partial charge is 0.172 e. The normalized spacial score (nSPS) is 10.5. The van der Waals surface area contributed by atoms with Gasteiger partial charge in [0, 0.05) is 0 Å². The van der Waals surface area contributed by atoms with Gasteiger partial charge in [-0.3, -0.25) is 4.79 Å². The molecule has 0 aliphatic carbocycles. The van der Waals surface area contributed by atoms with E-state index in [0.717, 1.165) is 36.1 Å². The first-order valence-corrected chi connectivity index (χ1v) is 6.81. The van der Waals surface area contributed by atoms with Gasteiger partial charge in [-0.05, 0) is 31.0 Å². The van der Waals surface area contributed by atoms with Crippen molar-refractivity contribution in [3.8, 4) is 5.75 Å². The number of carbonyl (C=O) groups excluding carboxylic acids is 1. The van der Waals surface area contributed by atoms with Crippen LogP contribution in [0.3, 0.4) is 0 Å². The van der Waals surface area contributed by atoms with E-state index in [9.17, 15) is 4.79 Å². The standard InChI is InChI=1S/C15H19N3O2/c1-3-5-15-14(11-19)16-17-18(15)8-9-20-13-7-4-6-12(2)10-13/h4,6-7,10-11H,3,5,8-9H2,1-2H3. The molecule has 0 bridgehead atoms. The molecule has 20 heavy (non-hydrogen) atoms. The molecule has 0 amide bonds. The predicted octanol–water partition coefficient (Wildman–Crippen LogP) is 2.43. The van der Waals surface area contributed by atoms with Crippen molar-refractivity contribution in [2.24, 2.45) is 0 Å². The monoisotopic (exact) mass is 273 g/mol. The number of nitrogens with zero attached hydrogens (tertiary/aromatic N) is 3. The highest BCUT2D eigenvalue weighted by molar-refractivity contribution is 5.73. The number of rotatable bonds is 7. The van der Waals surface area contributed by atoms with Gasteiger partial charge in [-0.25, -0.2) is 4.68 Å². The van der Waals surface area contributed by atoms with E-state index in [1.807, 2.05) is 31.2 Å². The van der Waals surface area contributed by atoms with Crippen LogP contribution in [0.1, 0.15) is 35.1 Å². The molecule has 0 fully saturated rings. The molecule has 0 N–H and O–H groups in total. The Labute approximate surface area is 118 Å². The molecule has 0 aliphatic heterocycles. The summed E-state index contributed by atoms with van der Waals surface area (Å²) in [5, 5.41) is 7.89. The third kappa shape index (κ3) is 3.44. The van der Waals surface area contributed by atoms with Crippen molar-refractivity contribution in [1.29, 1.82) is 0 Å². The molecule has 0 unspecified atom stereocenters. The Hall–Kier alpha value is -2.17. The van der Waals surface area contributed by atoms with Crippen LogP contribution in [0, 0.1) is 6.92 Å². The van der Waals surface area contributed by atoms with E-state index >= 15 is 0 Å². The number of ether oxygens (including phenoxy) is 1. The molecule has 5 nitrogen and oxygen atoms in total. The summed E-state index contributed by atoms with van der Waals surface area (Å²) in [5.74, 6) is 0.845. The number of hydrogen-bond donors (Lipinski definition) is 0. The minimum atomic E-state index is 0.433. The Morgan fingerprint density at radius 2 is 2.25 bits per heavy atom. The largest absolute Gasteiger partial charge is 0.492 e. The van der Waals surface area contributed by atoms with Crippen molar-refractivity contribution >= 4 is 6.29 Å². The zero-order valence-corrected chi connectivity index (χ0v) is 11.9. The van der Waals surface area contributed by atoms with Crippen LogP contribution < -0.4 is 4.74 Å². The molecule has 0 spiro atoms. The van der Waals surface area contributed by atoms with Crippen molar-refractivity contribution in [2.45, 2.75) is 33.2 Å². The van der Waals surface area contributed by atoms with Crippen LogP contribution in [0.2, 0.25) is 0 Å². The lowest BCUT2D eigenvalue weighted by atomic mass is 10.2. The summed E-state index contributed by atoms with van der Waals surface area (Å²) < 4.78 is 7.44. The number of aromatic nitrogens is 3. The lowest BCUT2D eigenvalue weighted by Gasteiger charge is -2.08. The Morgan fingerprint density at radius 3 is 2.95 bits per heavy atom. The molecular weight excluding hydrogens is 254 g/mol. The average Bonchev–Trinajstić information content (AvgIpc) is 2.82. The molecule has 1 aromatic heterocycles. The predicted molar refractivity (Wildman–Crippen MR) is 76.1 cm³/mol. The second-order valence-electron chi connectivity index (χ2n) is 4.68. The number of aldehydes is 1. The molecule has 0 saturated carbocycles. The van der Waals surface area contributed by atoms with E-state index in [0.29, 0.717) is 18.8 Å². The fourth-order valence-electron chi connectivity index (χ4n) is 2.07. The van der Waals surface area contributed by atoms with E-state index in [4.69, 9.17) is 4.74 Å². The third-order valence-electron chi connectivity index (χ3n) is 3.03. The van der Waals surface area contributed by atoms with Gasteiger partial charge in [-0.2, -0.15) is 0 Å². The maximum absolute atomic E-state index is 10.9. The quantitative estimate of drug-likeness (QED) is 0.727. The first-order chi connectivity index (χ1) is 9.74. The van der Waals surface area contributed by atoms with Gasteiger partial charge < -0.3 is 4.74 Å². The van der Waals surface area contributed by atoms with Crippen LogP contribution in [-0.2, 0) is 13.0 Å². The Bertz CT molecular complexity index is 578. The van der Waals surface area contributed by atoms with E-state index in [1.165, 1.54) is 0 Å². The molecule has 2 rings (SSSR count). The van der Waals surface area contributed by atoms with Gasteiger partial charge >= 0.3 is 0 Å². The average molecular weight is 273 g/mol. The Morgan fingerprint density at radius 1 is 1.40 bits per heavy atom. The van der Waals surface area contributed by atoms with Crippen LogP contribution in [-0.4, -0.2) is 27.9 Å². The van der Waals surface area contributed by atoms with Gasteiger partial charge in [0.2, 0.25) is 0 Å². The first kappa shape index (κ1) is 14.2. The molecule has 106 valence electrons. The fourth-order valence-corrected chi connectivity index (χ4v) is 2.07. The minimum Gasteiger partial charge on any atom is -0.492 e. The highest BCUT2D eigenvalue weighted by Crippen LogP contribution is 2.12. The lowest BCUT2D eigenvalue weighted by molar-refractivity contribution is 0.111. The molecule has 2 aromatic rings. The van der Waals surface area contributed by atoms with Gasteiger partial charge in [0.1, 0.15) is 18.1 Å².